The largest absolute Gasteiger partial charge is 0.397 e. The number of aromatic nitrogens is 4. The number of nitrogens with two attached hydrogens (primary N) is 1. The number of halogens is 1. The van der Waals surface area contributed by atoms with Gasteiger partial charge in [-0.1, -0.05) is 89.9 Å². The highest BCUT2D eigenvalue weighted by molar-refractivity contribution is 9.08. The van der Waals surface area contributed by atoms with Crippen LogP contribution in [0.3, 0.4) is 0 Å². The number of oxime groups is 1. The highest BCUT2D eigenvalue weighted by Crippen LogP contribution is 2.26. The zero-order valence-electron chi connectivity index (χ0n) is 22.2. The Morgan fingerprint density at radius 1 is 1.21 bits per heavy atom. The Morgan fingerprint density at radius 2 is 1.95 bits per heavy atom. The van der Waals surface area contributed by atoms with Crippen LogP contribution in [0.15, 0.2) is 58.5 Å². The normalized spacial score (nSPS) is 12.5. The van der Waals surface area contributed by atoms with Gasteiger partial charge in [-0.15, -0.1) is 5.10 Å². The zero-order chi connectivity index (χ0) is 27.9. The molecule has 11 heteroatoms. The number of amides is 1. The molecule has 1 unspecified atom stereocenters. The minimum absolute atomic E-state index is 0.136. The van der Waals surface area contributed by atoms with E-state index in [1.54, 1.807) is 9.08 Å². The summed E-state index contributed by atoms with van der Waals surface area (Å²) in [6, 6.07) is 15.6. The number of hydrogen-bond acceptors (Lipinski definition) is 7. The van der Waals surface area contributed by atoms with Gasteiger partial charge in [0.1, 0.15) is 7.11 Å². The first-order chi connectivity index (χ1) is 19.0. The van der Waals surface area contributed by atoms with E-state index in [1.165, 1.54) is 7.11 Å². The Morgan fingerprint density at radius 3 is 2.59 bits per heavy atom. The number of benzene rings is 2. The molecular weight excluding hydrogens is 562 g/mol. The van der Waals surface area contributed by atoms with E-state index in [0.717, 1.165) is 34.4 Å². The van der Waals surface area contributed by atoms with E-state index in [1.807, 2.05) is 55.5 Å². The third kappa shape index (κ3) is 5.79. The molecule has 1 atom stereocenters. The highest BCUT2D eigenvalue weighted by atomic mass is 79.9. The van der Waals surface area contributed by atoms with Crippen molar-refractivity contribution in [3.05, 3.63) is 87.1 Å². The number of nitrogens with zero attached hydrogens (tertiary/aromatic N) is 5. The van der Waals surface area contributed by atoms with Crippen molar-refractivity contribution < 1.29 is 9.63 Å². The summed E-state index contributed by atoms with van der Waals surface area (Å²) >= 11 is 3.43. The molecule has 4 aromatic rings. The van der Waals surface area contributed by atoms with Gasteiger partial charge >= 0.3 is 0 Å². The molecule has 1 amide bonds. The highest BCUT2D eigenvalue weighted by Gasteiger charge is 2.22. The molecule has 39 heavy (non-hydrogen) atoms. The topological polar surface area (TPSA) is 129 Å². The van der Waals surface area contributed by atoms with Gasteiger partial charge in [0.25, 0.3) is 5.56 Å². The fraction of sp³-hybridized carbons (Fsp3) is 0.321. The molecular formula is C28H32BrN7O3. The third-order valence-electron chi connectivity index (χ3n) is 6.49. The lowest BCUT2D eigenvalue weighted by molar-refractivity contribution is -0.108. The number of hydrogen-bond donors (Lipinski definition) is 2. The second kappa shape index (κ2) is 12.8. The van der Waals surface area contributed by atoms with Crippen molar-refractivity contribution in [1.82, 2.24) is 24.5 Å². The van der Waals surface area contributed by atoms with Gasteiger partial charge in [-0.2, -0.15) is 4.98 Å². The Balaban J connectivity index is 1.78. The van der Waals surface area contributed by atoms with E-state index < -0.39 is 6.17 Å². The van der Waals surface area contributed by atoms with Crippen molar-refractivity contribution in [3.8, 4) is 11.1 Å². The summed E-state index contributed by atoms with van der Waals surface area (Å²) in [6.45, 7) is 4.02. The van der Waals surface area contributed by atoms with E-state index in [2.05, 4.69) is 43.4 Å². The van der Waals surface area contributed by atoms with Crippen LogP contribution in [0, 0.1) is 0 Å². The van der Waals surface area contributed by atoms with Crippen LogP contribution in [-0.2, 0) is 27.8 Å². The Bertz CT molecular complexity index is 1540. The summed E-state index contributed by atoms with van der Waals surface area (Å²) in [5, 5.41) is 11.7. The van der Waals surface area contributed by atoms with Gasteiger partial charge in [0.2, 0.25) is 12.2 Å². The van der Waals surface area contributed by atoms with Gasteiger partial charge in [0, 0.05) is 17.5 Å². The number of aryl methyl sites for hydroxylation is 1. The van der Waals surface area contributed by atoms with E-state index in [0.29, 0.717) is 54.0 Å². The lowest BCUT2D eigenvalue weighted by Crippen LogP contribution is -2.35. The molecule has 3 N–H and O–H groups in total. The SMILES string of the molecule is CCCc1c(Cc2ccc(-c3ccccc3/C(=N/OC)NC=O)cc2)c(=O)n(C(N)CC)c2nc(CBr)nn12. The maximum atomic E-state index is 13.8. The second-order valence-corrected chi connectivity index (χ2v) is 9.56. The maximum Gasteiger partial charge on any atom is 0.260 e. The van der Waals surface area contributed by atoms with Crippen LogP contribution < -0.4 is 16.6 Å². The van der Waals surface area contributed by atoms with Crippen molar-refractivity contribution >= 4 is 34.0 Å². The van der Waals surface area contributed by atoms with Crippen molar-refractivity contribution in [1.29, 1.82) is 0 Å². The van der Waals surface area contributed by atoms with Crippen LogP contribution in [-0.4, -0.2) is 38.5 Å². The summed E-state index contributed by atoms with van der Waals surface area (Å²) in [5.41, 5.74) is 11.3. The molecule has 10 nitrogen and oxygen atoms in total. The first-order valence-electron chi connectivity index (χ1n) is 12.8. The summed E-state index contributed by atoms with van der Waals surface area (Å²) in [6.07, 6.45) is 2.60. The van der Waals surface area contributed by atoms with Crippen molar-refractivity contribution in [2.24, 2.45) is 10.9 Å². The monoisotopic (exact) mass is 593 g/mol. The van der Waals surface area contributed by atoms with Gasteiger partial charge in [-0.25, -0.2) is 4.52 Å². The maximum absolute atomic E-state index is 13.8. The van der Waals surface area contributed by atoms with Gasteiger partial charge in [-0.05, 0) is 29.5 Å². The molecule has 2 aromatic carbocycles. The standard InChI is InChI=1S/C28H32BrN7O3/c1-4-8-23-22(27(38)35(24(30)5-2)28-32-25(16-29)33-36(23)28)15-18-11-13-19(14-12-18)20-9-6-7-10-21(20)26(31-17-37)34-39-3/h6-7,9-14,17,24H,4-5,8,15-16,30H2,1-3H3,(H,31,34,37). The van der Waals surface area contributed by atoms with Crippen LogP contribution in [0.5, 0.6) is 0 Å². The van der Waals surface area contributed by atoms with Crippen LogP contribution in [0.1, 0.15) is 61.1 Å². The summed E-state index contributed by atoms with van der Waals surface area (Å²) in [4.78, 5) is 34.5. The first-order valence-corrected chi connectivity index (χ1v) is 13.9. The number of carbonyl (C=O) groups excluding carboxylic acids is 1. The van der Waals surface area contributed by atoms with Crippen molar-refractivity contribution in [3.63, 3.8) is 0 Å². The van der Waals surface area contributed by atoms with Gasteiger partial charge in [0.05, 0.1) is 17.2 Å². The zero-order valence-corrected chi connectivity index (χ0v) is 23.8. The Hall–Kier alpha value is -3.83. The van der Waals surface area contributed by atoms with E-state index in [4.69, 9.17) is 10.6 Å². The summed E-state index contributed by atoms with van der Waals surface area (Å²) in [5.74, 6) is 1.39. The van der Waals surface area contributed by atoms with E-state index in [-0.39, 0.29) is 5.56 Å². The molecule has 2 aromatic heterocycles. The molecule has 0 saturated carbocycles. The lowest BCUT2D eigenvalue weighted by Gasteiger charge is -2.19. The van der Waals surface area contributed by atoms with Gasteiger partial charge < -0.3 is 15.9 Å². The van der Waals surface area contributed by atoms with Crippen LogP contribution in [0.4, 0.5) is 0 Å². The number of carbonyl (C=O) groups is 1. The minimum Gasteiger partial charge on any atom is -0.397 e. The summed E-state index contributed by atoms with van der Waals surface area (Å²) < 4.78 is 3.35. The predicted octanol–water partition coefficient (Wildman–Crippen LogP) is 3.92. The third-order valence-corrected chi connectivity index (χ3v) is 6.99. The Kier molecular flexibility index (Phi) is 9.26. The van der Waals surface area contributed by atoms with E-state index in [9.17, 15) is 9.59 Å². The first kappa shape index (κ1) is 28.2. The van der Waals surface area contributed by atoms with Gasteiger partial charge in [0.15, 0.2) is 11.7 Å². The average molecular weight is 595 g/mol. The van der Waals surface area contributed by atoms with Crippen molar-refractivity contribution in [2.75, 3.05) is 7.11 Å². The van der Waals surface area contributed by atoms with Crippen LogP contribution in [0.2, 0.25) is 0 Å². The number of fused-ring (bicyclic) bond motifs is 1. The lowest BCUT2D eigenvalue weighted by atomic mass is 9.96. The number of alkyl halides is 1. The number of rotatable bonds is 11. The number of amidine groups is 1. The molecule has 0 bridgehead atoms. The van der Waals surface area contributed by atoms with Crippen LogP contribution in [0.25, 0.3) is 16.9 Å². The Labute approximate surface area is 235 Å². The van der Waals surface area contributed by atoms with Crippen molar-refractivity contribution in [2.45, 2.75) is 51.0 Å². The molecule has 204 valence electrons. The van der Waals surface area contributed by atoms with Gasteiger partial charge in [-0.3, -0.25) is 14.2 Å². The molecule has 0 aliphatic carbocycles. The molecule has 0 aliphatic heterocycles. The quantitative estimate of drug-likeness (QED) is 0.0891. The molecule has 2 heterocycles. The molecule has 0 spiro atoms. The molecule has 0 aliphatic rings. The summed E-state index contributed by atoms with van der Waals surface area (Å²) in [7, 11) is 1.43. The molecule has 0 saturated heterocycles. The fourth-order valence-corrected chi connectivity index (χ4v) is 4.86. The van der Waals surface area contributed by atoms with Crippen LogP contribution >= 0.6 is 15.9 Å². The average Bonchev–Trinajstić information content (AvgIpc) is 3.39. The minimum atomic E-state index is -0.511. The second-order valence-electron chi connectivity index (χ2n) is 9.00. The number of nitrogens with one attached hydrogen (secondary N) is 1. The predicted molar refractivity (Wildman–Crippen MR) is 155 cm³/mol. The smallest absolute Gasteiger partial charge is 0.260 e. The molecule has 0 fully saturated rings. The molecule has 0 radical (unpaired) electrons. The van der Waals surface area contributed by atoms with E-state index >= 15 is 0 Å². The molecule has 4 rings (SSSR count). The fourth-order valence-electron chi connectivity index (χ4n) is 4.63.